The Morgan fingerprint density at radius 1 is 1.00 bits per heavy atom. The highest BCUT2D eigenvalue weighted by Crippen LogP contribution is 2.41. The van der Waals surface area contributed by atoms with Gasteiger partial charge in [0.05, 0.1) is 6.16 Å². The molecule has 2 aromatic carbocycles. The average molecular weight is 325 g/mol. The lowest BCUT2D eigenvalue weighted by Crippen LogP contribution is -1.94. The fraction of sp³-hybridized carbons (Fsp3) is 0.250. The minimum absolute atomic E-state index is 0.325. The van der Waals surface area contributed by atoms with Crippen molar-refractivity contribution >= 4 is 19.2 Å². The molecule has 112 valence electrons. The second kappa shape index (κ2) is 6.76. The second-order valence-electron chi connectivity index (χ2n) is 5.10. The molecule has 0 aromatic heterocycles. The number of benzene rings is 2. The first-order valence-corrected chi connectivity index (χ1v) is 8.94. The van der Waals surface area contributed by atoms with Gasteiger partial charge in [0.25, 0.3) is 0 Å². The van der Waals surface area contributed by atoms with E-state index < -0.39 is 7.60 Å². The molecule has 5 heteroatoms. The first-order valence-electron chi connectivity index (χ1n) is 6.77. The minimum Gasteiger partial charge on any atom is -0.324 e. The van der Waals surface area contributed by atoms with Crippen molar-refractivity contribution in [2.75, 3.05) is 0 Å². The molecule has 0 amide bonds. The summed E-state index contributed by atoms with van der Waals surface area (Å²) in [4.78, 5) is 18.2. The summed E-state index contributed by atoms with van der Waals surface area (Å²) in [6.45, 7) is 2.11. The summed E-state index contributed by atoms with van der Waals surface area (Å²) < 4.78 is 11.1. The molecule has 0 radical (unpaired) electrons. The standard InChI is InChI=1S/C16H18ClO3P/c1-2-12-3-5-13(6-4-12)9-14-7-8-16(17)15(10-14)11-21(18,19)20/h3-8,10H,2,9,11H2,1H3,(H2,18,19,20). The summed E-state index contributed by atoms with van der Waals surface area (Å²) in [5.41, 5.74) is 3.94. The van der Waals surface area contributed by atoms with Gasteiger partial charge in [-0.1, -0.05) is 54.9 Å². The van der Waals surface area contributed by atoms with E-state index in [1.165, 1.54) is 5.56 Å². The van der Waals surface area contributed by atoms with Crippen molar-refractivity contribution < 1.29 is 14.4 Å². The number of aryl methyl sites for hydroxylation is 1. The molecule has 21 heavy (non-hydrogen) atoms. The number of hydrogen-bond donors (Lipinski definition) is 2. The van der Waals surface area contributed by atoms with E-state index in [1.54, 1.807) is 12.1 Å². The van der Waals surface area contributed by atoms with E-state index in [9.17, 15) is 4.57 Å². The summed E-state index contributed by atoms with van der Waals surface area (Å²) >= 11 is 6.00. The van der Waals surface area contributed by atoms with Crippen LogP contribution in [0.15, 0.2) is 42.5 Å². The Labute approximate surface area is 129 Å². The molecule has 0 aliphatic rings. The molecule has 0 aliphatic carbocycles. The van der Waals surface area contributed by atoms with Crippen LogP contribution in [0.5, 0.6) is 0 Å². The van der Waals surface area contributed by atoms with Gasteiger partial charge in [-0.15, -0.1) is 0 Å². The van der Waals surface area contributed by atoms with Crippen LogP contribution in [0.1, 0.15) is 29.2 Å². The van der Waals surface area contributed by atoms with Gasteiger partial charge in [0, 0.05) is 5.02 Å². The largest absolute Gasteiger partial charge is 0.329 e. The Kier molecular flexibility index (Phi) is 5.23. The molecule has 3 nitrogen and oxygen atoms in total. The van der Waals surface area contributed by atoms with Crippen LogP contribution < -0.4 is 0 Å². The Bertz CT molecular complexity index is 662. The molecule has 0 saturated carbocycles. The van der Waals surface area contributed by atoms with Crippen molar-refractivity contribution in [2.45, 2.75) is 25.9 Å². The first kappa shape index (κ1) is 16.3. The summed E-state index contributed by atoms with van der Waals surface area (Å²) in [6, 6.07) is 13.7. The molecule has 0 fully saturated rings. The van der Waals surface area contributed by atoms with Crippen molar-refractivity contribution in [1.29, 1.82) is 0 Å². The van der Waals surface area contributed by atoms with Gasteiger partial charge < -0.3 is 9.79 Å². The number of hydrogen-bond acceptors (Lipinski definition) is 1. The molecular formula is C16H18ClO3P. The quantitative estimate of drug-likeness (QED) is 0.811. The second-order valence-corrected chi connectivity index (χ2v) is 7.15. The molecule has 0 aliphatic heterocycles. The smallest absolute Gasteiger partial charge is 0.324 e. The summed E-state index contributed by atoms with van der Waals surface area (Å²) in [5, 5.41) is 0.392. The average Bonchev–Trinajstić information content (AvgIpc) is 2.42. The van der Waals surface area contributed by atoms with Crippen LogP contribution in [0.2, 0.25) is 5.02 Å². The van der Waals surface area contributed by atoms with Crippen LogP contribution in [-0.4, -0.2) is 9.79 Å². The lowest BCUT2D eigenvalue weighted by atomic mass is 10.0. The maximum absolute atomic E-state index is 11.1. The van der Waals surface area contributed by atoms with Gasteiger partial charge in [0.2, 0.25) is 0 Å². The highest BCUT2D eigenvalue weighted by atomic mass is 35.5. The van der Waals surface area contributed by atoms with Gasteiger partial charge >= 0.3 is 7.60 Å². The third-order valence-electron chi connectivity index (χ3n) is 3.33. The van der Waals surface area contributed by atoms with Crippen LogP contribution in [-0.2, 0) is 23.6 Å². The number of halogens is 1. The van der Waals surface area contributed by atoms with E-state index >= 15 is 0 Å². The van der Waals surface area contributed by atoms with Gasteiger partial charge in [0.15, 0.2) is 0 Å². The normalized spacial score (nSPS) is 11.6. The predicted molar refractivity (Wildman–Crippen MR) is 85.8 cm³/mol. The number of rotatable bonds is 5. The molecule has 0 saturated heterocycles. The Balaban J connectivity index is 2.20. The SMILES string of the molecule is CCc1ccc(Cc2ccc(Cl)c(CP(=O)(O)O)c2)cc1. The van der Waals surface area contributed by atoms with Gasteiger partial charge in [-0.3, -0.25) is 4.57 Å². The summed E-state index contributed by atoms with van der Waals surface area (Å²) in [7, 11) is -4.11. The molecule has 2 rings (SSSR count). The molecule has 0 atom stereocenters. The molecule has 0 unspecified atom stereocenters. The van der Waals surface area contributed by atoms with E-state index in [4.69, 9.17) is 21.4 Å². The van der Waals surface area contributed by atoms with Crippen molar-refractivity contribution in [2.24, 2.45) is 0 Å². The van der Waals surface area contributed by atoms with Crippen LogP contribution in [0.4, 0.5) is 0 Å². The monoisotopic (exact) mass is 324 g/mol. The molecule has 0 bridgehead atoms. The maximum Gasteiger partial charge on any atom is 0.329 e. The lowest BCUT2D eigenvalue weighted by Gasteiger charge is -2.09. The van der Waals surface area contributed by atoms with E-state index in [1.807, 2.05) is 6.07 Å². The zero-order valence-corrected chi connectivity index (χ0v) is 13.4. The Morgan fingerprint density at radius 2 is 1.57 bits per heavy atom. The van der Waals surface area contributed by atoms with Gasteiger partial charge in [-0.05, 0) is 41.2 Å². The van der Waals surface area contributed by atoms with Crippen molar-refractivity contribution in [3.8, 4) is 0 Å². The van der Waals surface area contributed by atoms with Crippen LogP contribution in [0, 0.1) is 0 Å². The van der Waals surface area contributed by atoms with Crippen LogP contribution in [0.3, 0.4) is 0 Å². The Hall–Kier alpha value is -1.12. The molecule has 2 N–H and O–H groups in total. The fourth-order valence-corrected chi connectivity index (χ4v) is 3.19. The highest BCUT2D eigenvalue weighted by molar-refractivity contribution is 7.50. The zero-order valence-electron chi connectivity index (χ0n) is 11.8. The van der Waals surface area contributed by atoms with Gasteiger partial charge in [-0.25, -0.2) is 0 Å². The van der Waals surface area contributed by atoms with Crippen molar-refractivity contribution in [3.63, 3.8) is 0 Å². The van der Waals surface area contributed by atoms with Crippen LogP contribution >= 0.6 is 19.2 Å². The van der Waals surface area contributed by atoms with Crippen LogP contribution in [0.25, 0.3) is 0 Å². The molecule has 0 spiro atoms. The Morgan fingerprint density at radius 3 is 2.14 bits per heavy atom. The van der Waals surface area contributed by atoms with E-state index in [2.05, 4.69) is 31.2 Å². The third kappa shape index (κ3) is 4.98. The van der Waals surface area contributed by atoms with Gasteiger partial charge in [0.1, 0.15) is 0 Å². The van der Waals surface area contributed by atoms with E-state index in [0.29, 0.717) is 10.6 Å². The third-order valence-corrected chi connectivity index (χ3v) is 4.45. The van der Waals surface area contributed by atoms with Gasteiger partial charge in [-0.2, -0.15) is 0 Å². The summed E-state index contributed by atoms with van der Waals surface area (Å²) in [5.74, 6) is 0. The van der Waals surface area contributed by atoms with Crippen molar-refractivity contribution in [3.05, 3.63) is 69.7 Å². The molecular weight excluding hydrogens is 307 g/mol. The highest BCUT2D eigenvalue weighted by Gasteiger charge is 2.16. The van der Waals surface area contributed by atoms with E-state index in [0.717, 1.165) is 24.0 Å². The zero-order chi connectivity index (χ0) is 15.5. The van der Waals surface area contributed by atoms with Crippen molar-refractivity contribution in [1.82, 2.24) is 0 Å². The lowest BCUT2D eigenvalue weighted by molar-refractivity contribution is 0.371. The first-order chi connectivity index (χ1) is 9.87. The summed E-state index contributed by atoms with van der Waals surface area (Å²) in [6.07, 6.45) is 1.40. The molecule has 0 heterocycles. The topological polar surface area (TPSA) is 57.5 Å². The predicted octanol–water partition coefficient (Wildman–Crippen LogP) is 4.17. The minimum atomic E-state index is -4.11. The van der Waals surface area contributed by atoms with E-state index in [-0.39, 0.29) is 6.16 Å². The fourth-order valence-electron chi connectivity index (χ4n) is 2.21. The maximum atomic E-state index is 11.1. The molecule has 2 aromatic rings.